The largest absolute Gasteiger partial charge is 0.419 e. The van der Waals surface area contributed by atoms with E-state index in [9.17, 15) is 8.42 Å². The van der Waals surface area contributed by atoms with Crippen molar-refractivity contribution in [2.45, 2.75) is 11.8 Å². The second-order valence-electron chi connectivity index (χ2n) is 2.74. The Labute approximate surface area is 83.9 Å². The quantitative estimate of drug-likeness (QED) is 0.445. The van der Waals surface area contributed by atoms with Crippen molar-refractivity contribution in [2.24, 2.45) is 5.90 Å². The summed E-state index contributed by atoms with van der Waals surface area (Å²) in [5.74, 6) is 4.87. The van der Waals surface area contributed by atoms with Crippen LogP contribution in [0.5, 0.6) is 0 Å². The highest BCUT2D eigenvalue weighted by Crippen LogP contribution is 2.14. The highest BCUT2D eigenvalue weighted by molar-refractivity contribution is 7.72. The van der Waals surface area contributed by atoms with Crippen LogP contribution in [-0.4, -0.2) is 8.42 Å². The fourth-order valence-electron chi connectivity index (χ4n) is 1.02. The van der Waals surface area contributed by atoms with E-state index in [1.807, 2.05) is 6.92 Å². The summed E-state index contributed by atoms with van der Waals surface area (Å²) < 4.78 is 21.2. The summed E-state index contributed by atoms with van der Waals surface area (Å²) in [6.45, 7) is 1.82. The van der Waals surface area contributed by atoms with Gasteiger partial charge in [-0.3, -0.25) is 0 Å². The van der Waals surface area contributed by atoms with Crippen LogP contribution in [0.2, 0.25) is 0 Å². The molecule has 0 aromatic heterocycles. The van der Waals surface area contributed by atoms with Crippen LogP contribution in [0, 0.1) is 0 Å². The molecule has 0 saturated carbocycles. The van der Waals surface area contributed by atoms with Gasteiger partial charge in [-0.15, -0.1) is 0 Å². The van der Waals surface area contributed by atoms with Crippen molar-refractivity contribution in [3.8, 4) is 0 Å². The number of allylic oxidation sites excluding steroid dienone is 1. The lowest BCUT2D eigenvalue weighted by Gasteiger charge is -2.00. The minimum Gasteiger partial charge on any atom is -0.419 e. The summed E-state index contributed by atoms with van der Waals surface area (Å²) in [5.41, 5.74) is 1.70. The molecule has 14 heavy (non-hydrogen) atoms. The SMILES string of the molecule is C/C(=C\ON)c1ccc([SH](=O)=O)cc1. The number of thiol groups is 1. The van der Waals surface area contributed by atoms with Gasteiger partial charge in [0.15, 0.2) is 10.7 Å². The Balaban J connectivity index is 2.99. The molecular formula is C9H11NO3S. The third-order valence-corrected chi connectivity index (χ3v) is 2.50. The molecule has 0 heterocycles. The summed E-state index contributed by atoms with van der Waals surface area (Å²) in [7, 11) is -2.51. The molecule has 0 aliphatic rings. The van der Waals surface area contributed by atoms with Gasteiger partial charge in [-0.1, -0.05) is 12.1 Å². The Morgan fingerprint density at radius 1 is 1.36 bits per heavy atom. The number of hydrogen-bond donors (Lipinski definition) is 2. The van der Waals surface area contributed by atoms with Crippen molar-refractivity contribution < 1.29 is 13.3 Å². The van der Waals surface area contributed by atoms with Crippen molar-refractivity contribution in [1.29, 1.82) is 0 Å². The molecule has 0 spiro atoms. The van der Waals surface area contributed by atoms with Crippen molar-refractivity contribution in [2.75, 3.05) is 0 Å². The predicted molar refractivity (Wildman–Crippen MR) is 53.9 cm³/mol. The highest BCUT2D eigenvalue weighted by Gasteiger charge is 1.97. The molecule has 76 valence electrons. The minimum atomic E-state index is -2.51. The van der Waals surface area contributed by atoms with Crippen LogP contribution in [0.1, 0.15) is 12.5 Å². The van der Waals surface area contributed by atoms with Crippen LogP contribution in [-0.2, 0) is 15.5 Å². The minimum absolute atomic E-state index is 0.296. The molecule has 0 radical (unpaired) electrons. The zero-order valence-corrected chi connectivity index (χ0v) is 8.53. The molecule has 1 aromatic rings. The first-order valence-corrected chi connectivity index (χ1v) is 5.10. The van der Waals surface area contributed by atoms with Gasteiger partial charge in [0.05, 0.1) is 4.90 Å². The molecule has 0 bridgehead atoms. The van der Waals surface area contributed by atoms with Crippen molar-refractivity contribution in [3.05, 3.63) is 36.1 Å². The Morgan fingerprint density at radius 3 is 2.36 bits per heavy atom. The fourth-order valence-corrected chi connectivity index (χ4v) is 1.41. The van der Waals surface area contributed by atoms with Crippen LogP contribution >= 0.6 is 0 Å². The second kappa shape index (κ2) is 4.78. The normalized spacial score (nSPS) is 11.8. The lowest BCUT2D eigenvalue weighted by atomic mass is 10.1. The van der Waals surface area contributed by atoms with Gasteiger partial charge in [-0.2, -0.15) is 5.90 Å². The predicted octanol–water partition coefficient (Wildman–Crippen LogP) is 0.908. The average Bonchev–Trinajstić information content (AvgIpc) is 2.18. The molecule has 4 nitrogen and oxygen atoms in total. The van der Waals surface area contributed by atoms with Gasteiger partial charge in [0.25, 0.3) is 0 Å². The van der Waals surface area contributed by atoms with E-state index >= 15 is 0 Å². The molecule has 0 amide bonds. The van der Waals surface area contributed by atoms with E-state index in [1.54, 1.807) is 12.1 Å². The fraction of sp³-hybridized carbons (Fsp3) is 0.111. The maximum atomic E-state index is 10.6. The number of rotatable bonds is 3. The van der Waals surface area contributed by atoms with Gasteiger partial charge in [-0.25, -0.2) is 8.42 Å². The molecule has 1 rings (SSSR count). The molecule has 0 aliphatic carbocycles. The number of benzene rings is 1. The molecule has 0 unspecified atom stereocenters. The van der Waals surface area contributed by atoms with Gasteiger partial charge in [0.2, 0.25) is 0 Å². The second-order valence-corrected chi connectivity index (χ2v) is 3.77. The maximum absolute atomic E-state index is 10.6. The molecule has 0 atom stereocenters. The van der Waals surface area contributed by atoms with E-state index in [2.05, 4.69) is 4.84 Å². The Hall–Kier alpha value is -1.33. The lowest BCUT2D eigenvalue weighted by molar-refractivity contribution is 0.262. The first-order valence-electron chi connectivity index (χ1n) is 3.92. The third-order valence-electron chi connectivity index (χ3n) is 1.78. The molecule has 0 fully saturated rings. The molecule has 1 aromatic carbocycles. The van der Waals surface area contributed by atoms with E-state index < -0.39 is 10.7 Å². The zero-order chi connectivity index (χ0) is 10.6. The number of nitrogens with two attached hydrogens (primary N) is 1. The van der Waals surface area contributed by atoms with Gasteiger partial charge in [0, 0.05) is 0 Å². The van der Waals surface area contributed by atoms with E-state index in [4.69, 9.17) is 5.90 Å². The molecule has 5 heteroatoms. The average molecular weight is 213 g/mol. The van der Waals surface area contributed by atoms with E-state index in [-0.39, 0.29) is 0 Å². The first-order chi connectivity index (χ1) is 6.65. The standard InChI is InChI=1S/C9H11NO3S/c1-7(6-13-10)8-2-4-9(5-3-8)14(11)12/h2-6,14H,10H2,1H3/b7-6+. The Morgan fingerprint density at radius 2 is 1.93 bits per heavy atom. The summed E-state index contributed by atoms with van der Waals surface area (Å²) in [6, 6.07) is 6.47. The third kappa shape index (κ3) is 2.58. The Bertz CT molecular complexity index is 399. The number of hydrogen-bond acceptors (Lipinski definition) is 4. The lowest BCUT2D eigenvalue weighted by Crippen LogP contribution is -1.90. The summed E-state index contributed by atoms with van der Waals surface area (Å²) >= 11 is 0. The van der Waals surface area contributed by atoms with Crippen molar-refractivity contribution in [3.63, 3.8) is 0 Å². The summed E-state index contributed by atoms with van der Waals surface area (Å²) in [4.78, 5) is 4.65. The molecule has 0 aliphatic heterocycles. The van der Waals surface area contributed by atoms with Crippen molar-refractivity contribution in [1.82, 2.24) is 0 Å². The van der Waals surface area contributed by atoms with E-state index in [1.165, 1.54) is 18.4 Å². The maximum Gasteiger partial charge on any atom is 0.168 e. The highest BCUT2D eigenvalue weighted by atomic mass is 32.2. The van der Waals surface area contributed by atoms with Crippen LogP contribution in [0.25, 0.3) is 5.57 Å². The molecule has 0 saturated heterocycles. The van der Waals surface area contributed by atoms with Crippen molar-refractivity contribution >= 4 is 16.3 Å². The van der Waals surface area contributed by atoms with Gasteiger partial charge in [0.1, 0.15) is 6.26 Å². The van der Waals surface area contributed by atoms with E-state index in [0.29, 0.717) is 4.90 Å². The van der Waals surface area contributed by atoms with Gasteiger partial charge < -0.3 is 4.84 Å². The molecule has 2 N–H and O–H groups in total. The van der Waals surface area contributed by atoms with Crippen LogP contribution < -0.4 is 5.90 Å². The van der Waals surface area contributed by atoms with Crippen LogP contribution in [0.4, 0.5) is 0 Å². The van der Waals surface area contributed by atoms with Crippen LogP contribution in [0.15, 0.2) is 35.4 Å². The summed E-state index contributed by atoms with van der Waals surface area (Å²) in [6.07, 6.45) is 1.40. The Kier molecular flexibility index (Phi) is 3.67. The topological polar surface area (TPSA) is 69.4 Å². The van der Waals surface area contributed by atoms with Gasteiger partial charge >= 0.3 is 0 Å². The zero-order valence-electron chi connectivity index (χ0n) is 7.64. The smallest absolute Gasteiger partial charge is 0.168 e. The molecular weight excluding hydrogens is 202 g/mol. The van der Waals surface area contributed by atoms with Gasteiger partial charge in [-0.05, 0) is 30.2 Å². The van der Waals surface area contributed by atoms with E-state index in [0.717, 1.165) is 11.1 Å². The monoisotopic (exact) mass is 213 g/mol. The van der Waals surface area contributed by atoms with Crippen LogP contribution in [0.3, 0.4) is 0 Å². The summed E-state index contributed by atoms with van der Waals surface area (Å²) in [5, 5.41) is 0. The first kappa shape index (κ1) is 10.7.